The third kappa shape index (κ3) is 8.28. The molecule has 0 spiro atoms. The van der Waals surface area contributed by atoms with Crippen LogP contribution in [0.25, 0.3) is 86.5 Å². The van der Waals surface area contributed by atoms with Crippen LogP contribution in [0, 0.1) is 20.0 Å². The van der Waals surface area contributed by atoms with E-state index < -0.39 is 0 Å². The van der Waals surface area contributed by atoms with Crippen molar-refractivity contribution in [1.29, 1.82) is 0 Å². The van der Waals surface area contributed by atoms with Gasteiger partial charge in [-0.3, -0.25) is 0 Å². The van der Waals surface area contributed by atoms with Gasteiger partial charge in [0.05, 0.1) is 11.9 Å². The Balaban J connectivity index is 0.000000291. The number of pyridine rings is 1. The molecule has 61 heavy (non-hydrogen) atoms. The molecular formula is C56H46IrN2OSe+. The predicted octanol–water partition coefficient (Wildman–Crippen LogP) is 14.4. The topological polar surface area (TPSA) is 29.9 Å². The maximum Gasteiger partial charge on any atom is 3.00 e. The van der Waals surface area contributed by atoms with Crippen LogP contribution in [0.4, 0.5) is 0 Å². The zero-order chi connectivity index (χ0) is 41.3. The number of nitrogens with zero attached hydrogens (tertiary/aromatic N) is 2. The van der Waals surface area contributed by atoms with Gasteiger partial charge in [0.1, 0.15) is 0 Å². The number of rotatable bonds is 7. The van der Waals surface area contributed by atoms with E-state index in [4.69, 9.17) is 9.40 Å². The van der Waals surface area contributed by atoms with Crippen LogP contribution < -0.4 is 4.57 Å². The van der Waals surface area contributed by atoms with Gasteiger partial charge >= 0.3 is 279 Å². The van der Waals surface area contributed by atoms with Crippen LogP contribution in [0.5, 0.6) is 0 Å². The molecular weight excluding hydrogens is 988 g/mol. The van der Waals surface area contributed by atoms with Crippen LogP contribution in [0.2, 0.25) is 0 Å². The van der Waals surface area contributed by atoms with Crippen molar-refractivity contribution in [2.45, 2.75) is 39.5 Å². The van der Waals surface area contributed by atoms with Gasteiger partial charge in [0.15, 0.2) is 0 Å². The second kappa shape index (κ2) is 18.0. The summed E-state index contributed by atoms with van der Waals surface area (Å²) in [7, 11) is 3.93. The number of oxazole rings is 1. The zero-order valence-electron chi connectivity index (χ0n) is 34.8. The van der Waals surface area contributed by atoms with Gasteiger partial charge in [0.25, 0.3) is 0 Å². The Kier molecular flexibility index (Phi) is 12.3. The zero-order valence-corrected chi connectivity index (χ0v) is 38.9. The van der Waals surface area contributed by atoms with Crippen molar-refractivity contribution in [3.63, 3.8) is 0 Å². The number of para-hydroxylation sites is 1. The summed E-state index contributed by atoms with van der Waals surface area (Å²) in [6.07, 6.45) is 1.93. The average molecular weight is 1030 g/mol. The second-order valence-corrected chi connectivity index (χ2v) is 18.1. The molecule has 7 aromatic carbocycles. The summed E-state index contributed by atoms with van der Waals surface area (Å²) in [6, 6.07) is 61.2. The summed E-state index contributed by atoms with van der Waals surface area (Å²) in [5.41, 5.74) is 16.0. The van der Waals surface area contributed by atoms with Gasteiger partial charge in [-0.25, -0.2) is 0 Å². The van der Waals surface area contributed by atoms with Crippen molar-refractivity contribution >= 4 is 44.9 Å². The van der Waals surface area contributed by atoms with Crippen LogP contribution in [-0.2, 0) is 20.1 Å². The monoisotopic (exact) mass is 1040 g/mol. The Bertz CT molecular complexity index is 3050. The van der Waals surface area contributed by atoms with Gasteiger partial charge in [-0.15, -0.1) is 17.7 Å². The average Bonchev–Trinajstić information content (AvgIpc) is 3.89. The minimum Gasteiger partial charge on any atom is -0.343 e. The number of benzene rings is 7. The molecule has 10 rings (SSSR count). The molecule has 3 heterocycles. The van der Waals surface area contributed by atoms with E-state index in [9.17, 15) is 0 Å². The number of fused-ring (bicyclic) bond motifs is 4. The third-order valence-corrected chi connectivity index (χ3v) is 13.7. The first-order valence-corrected chi connectivity index (χ1v) is 22.2. The fourth-order valence-corrected chi connectivity index (χ4v) is 10.7. The Morgan fingerprint density at radius 1 is 0.623 bits per heavy atom. The van der Waals surface area contributed by atoms with Crippen molar-refractivity contribution in [1.82, 2.24) is 4.98 Å². The molecule has 0 saturated carbocycles. The Morgan fingerprint density at radius 2 is 1.26 bits per heavy atom. The van der Waals surface area contributed by atoms with Gasteiger partial charge < -0.3 is 4.57 Å². The first-order chi connectivity index (χ1) is 29.2. The Hall–Kier alpha value is -5.93. The third-order valence-electron chi connectivity index (χ3n) is 11.2. The fraction of sp³-hybridized carbons (Fsp3) is 0.107. The van der Waals surface area contributed by atoms with E-state index in [0.29, 0.717) is 17.7 Å². The summed E-state index contributed by atoms with van der Waals surface area (Å²) in [5, 5.41) is 2.58. The summed E-state index contributed by atoms with van der Waals surface area (Å²) in [5.74, 6) is 1.32. The molecule has 0 aliphatic rings. The Morgan fingerprint density at radius 3 is 1.93 bits per heavy atom. The SMILES string of the molecule is CC(C)c1cc(-c2ccccc2)cc(C(C)C)c1-c1cccc2nc(-c3[c-]ccc4c3[se]c3cc(-c5ccccc5)ccc34)oc12.[CH2-]c1ccccc1-c1cccc[n+]1[CH2-].[Ir+3]. The summed E-state index contributed by atoms with van der Waals surface area (Å²) in [4.78, 5) is 5.10. The van der Waals surface area contributed by atoms with E-state index >= 15 is 0 Å². The van der Waals surface area contributed by atoms with Crippen LogP contribution in [-0.4, -0.2) is 19.5 Å². The summed E-state index contributed by atoms with van der Waals surface area (Å²) < 4.78 is 11.3. The predicted molar refractivity (Wildman–Crippen MR) is 252 cm³/mol. The first-order valence-electron chi connectivity index (χ1n) is 20.5. The molecule has 0 unspecified atom stereocenters. The van der Waals surface area contributed by atoms with Crippen LogP contribution in [0.1, 0.15) is 56.2 Å². The molecule has 0 N–H and O–H groups in total. The molecule has 3 aromatic heterocycles. The van der Waals surface area contributed by atoms with Crippen molar-refractivity contribution in [3.8, 4) is 56.1 Å². The van der Waals surface area contributed by atoms with E-state index in [1.54, 1.807) is 0 Å². The van der Waals surface area contributed by atoms with Crippen molar-refractivity contribution in [3.05, 3.63) is 207 Å². The molecule has 0 aliphatic carbocycles. The quantitative estimate of drug-likeness (QED) is 0.0904. The van der Waals surface area contributed by atoms with Gasteiger partial charge in [0, 0.05) is 7.05 Å². The van der Waals surface area contributed by atoms with Crippen LogP contribution in [0.3, 0.4) is 0 Å². The van der Waals surface area contributed by atoms with Gasteiger partial charge in [-0.05, 0) is 0 Å². The van der Waals surface area contributed by atoms with Crippen molar-refractivity contribution < 1.29 is 29.1 Å². The molecule has 0 fully saturated rings. The van der Waals surface area contributed by atoms with E-state index in [1.165, 1.54) is 58.2 Å². The van der Waals surface area contributed by atoms with Crippen molar-refractivity contribution in [2.75, 3.05) is 0 Å². The molecule has 300 valence electrons. The number of hydrogen-bond donors (Lipinski definition) is 0. The standard InChI is InChI=1S/C43H34NOSe.C13H12N.Ir/c1-26(2)36-23-31(29-15-9-6-10-16-29)24-37(27(3)4)40(36)34-18-12-20-38-41(34)45-43(44-38)35-19-11-17-33-32-22-21-30(25-39(32)46-42(33)35)28-13-7-5-8-14-28;1-11-7-3-4-8-12(11)13-9-5-6-10-14(13)2;/h5-18,20-27H,1-4H3;3-10H,1-2H2;/q2*-1;+3. The van der Waals surface area contributed by atoms with E-state index in [-0.39, 0.29) is 34.6 Å². The minimum atomic E-state index is 0. The van der Waals surface area contributed by atoms with E-state index in [0.717, 1.165) is 39.0 Å². The molecule has 10 aromatic rings. The van der Waals surface area contributed by atoms with E-state index in [1.807, 2.05) is 53.2 Å². The Labute approximate surface area is 378 Å². The second-order valence-electron chi connectivity index (χ2n) is 15.9. The van der Waals surface area contributed by atoms with Gasteiger partial charge in [-0.1, -0.05) is 42.5 Å². The summed E-state index contributed by atoms with van der Waals surface area (Å²) >= 11 is 0.120. The largest absolute Gasteiger partial charge is 3.00 e. The molecule has 3 nitrogen and oxygen atoms in total. The van der Waals surface area contributed by atoms with Gasteiger partial charge in [0.2, 0.25) is 0 Å². The molecule has 0 atom stereocenters. The molecule has 0 bridgehead atoms. The van der Waals surface area contributed by atoms with Crippen LogP contribution >= 0.6 is 0 Å². The molecule has 0 aliphatic heterocycles. The molecule has 0 saturated heterocycles. The normalized spacial score (nSPS) is 11.2. The molecule has 0 radical (unpaired) electrons. The molecule has 0 amide bonds. The maximum absolute atomic E-state index is 6.81. The summed E-state index contributed by atoms with van der Waals surface area (Å²) in [6.45, 7) is 13.1. The first kappa shape index (κ1) is 41.8. The van der Waals surface area contributed by atoms with Gasteiger partial charge in [-0.2, -0.15) is 18.6 Å². The van der Waals surface area contributed by atoms with Crippen molar-refractivity contribution in [2.24, 2.45) is 0 Å². The minimum absolute atomic E-state index is 0. The molecule has 5 heteroatoms. The van der Waals surface area contributed by atoms with E-state index in [2.05, 4.69) is 169 Å². The number of hydrogen-bond acceptors (Lipinski definition) is 2. The maximum atomic E-state index is 6.81. The number of aromatic nitrogens is 2. The smallest absolute Gasteiger partial charge is 0.343 e. The fourth-order valence-electron chi connectivity index (χ4n) is 8.16. The van der Waals surface area contributed by atoms with Crippen LogP contribution in [0.15, 0.2) is 174 Å².